The average Bonchev–Trinajstić information content (AvgIpc) is 3.37. The van der Waals surface area contributed by atoms with Gasteiger partial charge in [0.1, 0.15) is 5.52 Å². The number of aromatic nitrogens is 5. The Morgan fingerprint density at radius 3 is 2.73 bits per heavy atom. The molecule has 7 nitrogen and oxygen atoms in total. The normalized spacial score (nSPS) is 11.2. The summed E-state index contributed by atoms with van der Waals surface area (Å²) in [6.45, 7) is 1.99. The van der Waals surface area contributed by atoms with Gasteiger partial charge in [-0.3, -0.25) is 9.20 Å². The number of nitrogens with one attached hydrogen (secondary N) is 1. The van der Waals surface area contributed by atoms with Crippen molar-refractivity contribution >= 4 is 34.5 Å². The number of amides is 1. The van der Waals surface area contributed by atoms with E-state index >= 15 is 0 Å². The zero-order chi connectivity index (χ0) is 20.5. The van der Waals surface area contributed by atoms with Crippen LogP contribution in [0.25, 0.3) is 22.4 Å². The smallest absolute Gasteiger partial charge is 0.234 e. The second-order valence-electron chi connectivity index (χ2n) is 6.91. The number of nitrogens with zero attached hydrogens (tertiary/aromatic N) is 5. The van der Waals surface area contributed by atoms with Gasteiger partial charge < -0.3 is 5.32 Å². The minimum absolute atomic E-state index is 0.0841. The number of fused-ring (bicyclic) bond motifs is 3. The summed E-state index contributed by atoms with van der Waals surface area (Å²) in [5, 5.41) is 16.8. The Bertz CT molecular complexity index is 1360. The Hall–Kier alpha value is -3.65. The predicted molar refractivity (Wildman–Crippen MR) is 118 cm³/mol. The number of anilines is 1. The van der Waals surface area contributed by atoms with Gasteiger partial charge in [-0.15, -0.1) is 10.2 Å². The highest BCUT2D eigenvalue weighted by atomic mass is 32.2. The van der Waals surface area contributed by atoms with Gasteiger partial charge in [0.05, 0.1) is 11.4 Å². The SMILES string of the molecule is Cc1cccc(NC(=O)CSc2nnc3c4cc(-c5ccccc5)nn4ccn23)c1. The molecule has 0 fully saturated rings. The molecule has 0 aliphatic carbocycles. The monoisotopic (exact) mass is 414 g/mol. The zero-order valence-electron chi connectivity index (χ0n) is 16.2. The van der Waals surface area contributed by atoms with E-state index in [1.54, 1.807) is 4.52 Å². The number of rotatable bonds is 5. The van der Waals surface area contributed by atoms with Gasteiger partial charge in [-0.2, -0.15) is 5.10 Å². The van der Waals surface area contributed by atoms with Crippen LogP contribution in [0.3, 0.4) is 0 Å². The van der Waals surface area contributed by atoms with Crippen LogP contribution in [0.5, 0.6) is 0 Å². The first kappa shape index (κ1) is 18.4. The number of aryl methyl sites for hydroxylation is 1. The molecule has 0 aliphatic heterocycles. The summed E-state index contributed by atoms with van der Waals surface area (Å²) in [4.78, 5) is 12.3. The van der Waals surface area contributed by atoms with Gasteiger partial charge in [0.15, 0.2) is 10.8 Å². The van der Waals surface area contributed by atoms with Gasteiger partial charge in [0, 0.05) is 23.6 Å². The van der Waals surface area contributed by atoms with E-state index in [0.717, 1.165) is 28.0 Å². The first-order chi connectivity index (χ1) is 14.7. The lowest BCUT2D eigenvalue weighted by atomic mass is 10.1. The fourth-order valence-corrected chi connectivity index (χ4v) is 4.01. The highest BCUT2D eigenvalue weighted by Gasteiger charge is 2.14. The molecule has 0 saturated heterocycles. The van der Waals surface area contributed by atoms with Crippen LogP contribution in [0, 0.1) is 6.92 Å². The van der Waals surface area contributed by atoms with E-state index in [0.29, 0.717) is 10.8 Å². The Balaban J connectivity index is 1.37. The fourth-order valence-electron chi connectivity index (χ4n) is 3.29. The topological polar surface area (TPSA) is 76.6 Å². The molecular formula is C22H18N6OS. The molecule has 0 unspecified atom stereocenters. The van der Waals surface area contributed by atoms with Gasteiger partial charge in [0.2, 0.25) is 5.91 Å². The molecule has 8 heteroatoms. The molecule has 0 atom stereocenters. The van der Waals surface area contributed by atoms with Gasteiger partial charge in [0.25, 0.3) is 0 Å². The van der Waals surface area contributed by atoms with Crippen molar-refractivity contribution in [1.82, 2.24) is 24.2 Å². The maximum Gasteiger partial charge on any atom is 0.234 e. The largest absolute Gasteiger partial charge is 0.325 e. The van der Waals surface area contributed by atoms with Crippen molar-refractivity contribution in [2.45, 2.75) is 12.1 Å². The molecule has 0 bridgehead atoms. The minimum Gasteiger partial charge on any atom is -0.325 e. The minimum atomic E-state index is -0.0841. The highest BCUT2D eigenvalue weighted by Crippen LogP contribution is 2.24. The molecule has 3 heterocycles. The molecular weight excluding hydrogens is 396 g/mol. The van der Waals surface area contributed by atoms with Crippen LogP contribution in [0.1, 0.15) is 5.56 Å². The lowest BCUT2D eigenvalue weighted by Crippen LogP contribution is -2.14. The summed E-state index contributed by atoms with van der Waals surface area (Å²) in [6.07, 6.45) is 3.74. The van der Waals surface area contributed by atoms with Gasteiger partial charge in [-0.05, 0) is 30.7 Å². The number of hydrogen-bond donors (Lipinski definition) is 1. The Morgan fingerprint density at radius 2 is 1.90 bits per heavy atom. The van der Waals surface area contributed by atoms with Crippen molar-refractivity contribution in [3.63, 3.8) is 0 Å². The van der Waals surface area contributed by atoms with E-state index in [-0.39, 0.29) is 11.7 Å². The molecule has 3 aromatic heterocycles. The fraction of sp³-hybridized carbons (Fsp3) is 0.0909. The lowest BCUT2D eigenvalue weighted by molar-refractivity contribution is -0.113. The van der Waals surface area contributed by atoms with E-state index in [1.165, 1.54) is 11.8 Å². The molecule has 5 aromatic rings. The molecule has 148 valence electrons. The summed E-state index contributed by atoms with van der Waals surface area (Å²) in [7, 11) is 0. The van der Waals surface area contributed by atoms with Crippen LogP contribution in [0.2, 0.25) is 0 Å². The number of hydrogen-bond acceptors (Lipinski definition) is 5. The van der Waals surface area contributed by atoms with E-state index in [1.807, 2.05) is 84.4 Å². The molecule has 0 saturated carbocycles. The van der Waals surface area contributed by atoms with Crippen molar-refractivity contribution in [1.29, 1.82) is 0 Å². The third kappa shape index (κ3) is 3.53. The average molecular weight is 414 g/mol. The number of carbonyl (C=O) groups excluding carboxylic acids is 1. The quantitative estimate of drug-likeness (QED) is 0.439. The standard InChI is InChI=1S/C22H18N6OS/c1-15-6-5-9-17(12-15)23-20(29)14-30-22-25-24-21-19-13-18(16-7-3-2-4-8-16)26-28(19)11-10-27(21)22/h2-13H,14H2,1H3,(H,23,29). The van der Waals surface area contributed by atoms with Crippen molar-refractivity contribution in [2.75, 3.05) is 11.1 Å². The Morgan fingerprint density at radius 1 is 1.03 bits per heavy atom. The molecule has 2 aromatic carbocycles. The summed E-state index contributed by atoms with van der Waals surface area (Å²) in [6, 6.07) is 19.7. The number of benzene rings is 2. The van der Waals surface area contributed by atoms with Crippen LogP contribution < -0.4 is 5.32 Å². The summed E-state index contributed by atoms with van der Waals surface area (Å²) in [5.74, 6) is 0.160. The molecule has 0 aliphatic rings. The van der Waals surface area contributed by atoms with E-state index in [4.69, 9.17) is 0 Å². The first-order valence-corrected chi connectivity index (χ1v) is 10.4. The van der Waals surface area contributed by atoms with E-state index in [2.05, 4.69) is 20.6 Å². The van der Waals surface area contributed by atoms with Crippen LogP contribution in [-0.2, 0) is 4.79 Å². The summed E-state index contributed by atoms with van der Waals surface area (Å²) in [5.41, 5.74) is 5.37. The van der Waals surface area contributed by atoms with Crippen molar-refractivity contribution < 1.29 is 4.79 Å². The van der Waals surface area contributed by atoms with Crippen molar-refractivity contribution in [2.24, 2.45) is 0 Å². The van der Waals surface area contributed by atoms with Gasteiger partial charge in [-0.25, -0.2) is 4.52 Å². The molecule has 1 N–H and O–H groups in total. The lowest BCUT2D eigenvalue weighted by Gasteiger charge is -2.05. The second-order valence-corrected chi connectivity index (χ2v) is 7.85. The van der Waals surface area contributed by atoms with Crippen LogP contribution in [-0.4, -0.2) is 35.9 Å². The zero-order valence-corrected chi connectivity index (χ0v) is 17.0. The van der Waals surface area contributed by atoms with Crippen LogP contribution >= 0.6 is 11.8 Å². The maximum atomic E-state index is 12.3. The highest BCUT2D eigenvalue weighted by molar-refractivity contribution is 7.99. The van der Waals surface area contributed by atoms with Crippen LogP contribution in [0.4, 0.5) is 5.69 Å². The predicted octanol–water partition coefficient (Wildman–Crippen LogP) is 4.08. The Labute approximate surface area is 176 Å². The first-order valence-electron chi connectivity index (χ1n) is 9.45. The van der Waals surface area contributed by atoms with Gasteiger partial charge >= 0.3 is 0 Å². The van der Waals surface area contributed by atoms with Crippen molar-refractivity contribution in [3.05, 3.63) is 78.6 Å². The van der Waals surface area contributed by atoms with Gasteiger partial charge in [-0.1, -0.05) is 54.2 Å². The third-order valence-electron chi connectivity index (χ3n) is 4.69. The summed E-state index contributed by atoms with van der Waals surface area (Å²) < 4.78 is 3.68. The Kier molecular flexibility index (Phi) is 4.68. The van der Waals surface area contributed by atoms with Crippen molar-refractivity contribution in [3.8, 4) is 11.3 Å². The number of thioether (sulfide) groups is 1. The second kappa shape index (κ2) is 7.64. The number of carbonyl (C=O) groups is 1. The molecule has 0 spiro atoms. The molecule has 0 radical (unpaired) electrons. The molecule has 30 heavy (non-hydrogen) atoms. The molecule has 5 rings (SSSR count). The van der Waals surface area contributed by atoms with Crippen LogP contribution in [0.15, 0.2) is 78.2 Å². The maximum absolute atomic E-state index is 12.3. The third-order valence-corrected chi connectivity index (χ3v) is 5.63. The van der Waals surface area contributed by atoms with E-state index in [9.17, 15) is 4.79 Å². The molecule has 1 amide bonds. The summed E-state index contributed by atoms with van der Waals surface area (Å²) >= 11 is 1.35. The van der Waals surface area contributed by atoms with E-state index < -0.39 is 0 Å².